The quantitative estimate of drug-likeness (QED) is 0.839. The van der Waals surface area contributed by atoms with Crippen LogP contribution in [0.5, 0.6) is 0 Å². The summed E-state index contributed by atoms with van der Waals surface area (Å²) in [6.45, 7) is 5.31. The van der Waals surface area contributed by atoms with Crippen LogP contribution in [0.2, 0.25) is 0 Å². The van der Waals surface area contributed by atoms with Gasteiger partial charge in [-0.3, -0.25) is 0 Å². The summed E-state index contributed by atoms with van der Waals surface area (Å²) in [4.78, 5) is 0. The van der Waals surface area contributed by atoms with Gasteiger partial charge in [-0.2, -0.15) is 0 Å². The van der Waals surface area contributed by atoms with E-state index in [4.69, 9.17) is 4.74 Å². The minimum absolute atomic E-state index is 0.312. The van der Waals surface area contributed by atoms with Gasteiger partial charge in [-0.25, -0.2) is 0 Å². The molecule has 1 N–H and O–H groups in total. The molecule has 3 atom stereocenters. The van der Waals surface area contributed by atoms with E-state index in [1.165, 1.54) is 18.4 Å². The fourth-order valence-electron chi connectivity index (χ4n) is 2.44. The molecule has 100 valence electrons. The first kappa shape index (κ1) is 14.5. The Hall–Kier alpha value is 0.1000. The van der Waals surface area contributed by atoms with Crippen LogP contribution in [-0.4, -0.2) is 18.8 Å². The van der Waals surface area contributed by atoms with Gasteiger partial charge in [0.25, 0.3) is 0 Å². The summed E-state index contributed by atoms with van der Waals surface area (Å²) in [6, 6.07) is 7.01. The molecule has 1 aliphatic heterocycles. The molecule has 0 bridgehead atoms. The van der Waals surface area contributed by atoms with Crippen LogP contribution in [0.15, 0.2) is 27.1 Å². The molecule has 0 radical (unpaired) electrons. The number of nitrogens with one attached hydrogen (secondary N) is 1. The fraction of sp³-hybridized carbons (Fsp3) is 0.571. The predicted octanol–water partition coefficient (Wildman–Crippen LogP) is 4.43. The van der Waals surface area contributed by atoms with E-state index in [0.29, 0.717) is 18.2 Å². The highest BCUT2D eigenvalue weighted by molar-refractivity contribution is 9.11. The van der Waals surface area contributed by atoms with Crippen molar-refractivity contribution in [1.82, 2.24) is 5.32 Å². The third-order valence-electron chi connectivity index (χ3n) is 3.46. The van der Waals surface area contributed by atoms with Crippen LogP contribution in [0.1, 0.15) is 38.3 Å². The van der Waals surface area contributed by atoms with Crippen molar-refractivity contribution in [2.75, 3.05) is 6.61 Å². The maximum absolute atomic E-state index is 5.72. The van der Waals surface area contributed by atoms with Gasteiger partial charge in [-0.15, -0.1) is 0 Å². The van der Waals surface area contributed by atoms with E-state index in [9.17, 15) is 0 Å². The molecule has 2 rings (SSSR count). The van der Waals surface area contributed by atoms with Crippen molar-refractivity contribution in [2.45, 2.75) is 44.9 Å². The molecule has 18 heavy (non-hydrogen) atoms. The Labute approximate surface area is 126 Å². The molecular formula is C14H19Br2NO. The van der Waals surface area contributed by atoms with Crippen LogP contribution in [0.25, 0.3) is 0 Å². The van der Waals surface area contributed by atoms with E-state index in [0.717, 1.165) is 15.6 Å². The molecule has 1 heterocycles. The zero-order valence-corrected chi connectivity index (χ0v) is 13.9. The first-order valence-corrected chi connectivity index (χ1v) is 7.99. The molecule has 0 saturated carbocycles. The molecule has 1 aromatic rings. The van der Waals surface area contributed by atoms with Crippen molar-refractivity contribution in [3.05, 3.63) is 32.7 Å². The smallest absolute Gasteiger partial charge is 0.0726 e. The SMILES string of the molecule is CC(NC(C)C1CCCO1)c1ccc(Br)cc1Br. The Bertz CT molecular complexity index is 405. The fourth-order valence-corrected chi connectivity index (χ4v) is 3.83. The highest BCUT2D eigenvalue weighted by Crippen LogP contribution is 2.27. The number of ether oxygens (including phenoxy) is 1. The minimum Gasteiger partial charge on any atom is -0.377 e. The first-order chi connectivity index (χ1) is 8.58. The molecule has 1 aromatic carbocycles. The molecule has 2 nitrogen and oxygen atoms in total. The first-order valence-electron chi connectivity index (χ1n) is 6.40. The van der Waals surface area contributed by atoms with Crippen molar-refractivity contribution < 1.29 is 4.74 Å². The van der Waals surface area contributed by atoms with Gasteiger partial charge in [0.05, 0.1) is 6.10 Å². The highest BCUT2D eigenvalue weighted by atomic mass is 79.9. The summed E-state index contributed by atoms with van der Waals surface area (Å²) in [5, 5.41) is 3.63. The second-order valence-electron chi connectivity index (χ2n) is 4.89. The summed E-state index contributed by atoms with van der Waals surface area (Å²) in [6.07, 6.45) is 2.72. The maximum atomic E-state index is 5.72. The number of rotatable bonds is 4. The second kappa shape index (κ2) is 6.51. The lowest BCUT2D eigenvalue weighted by molar-refractivity contribution is 0.0804. The summed E-state index contributed by atoms with van der Waals surface area (Å²) in [7, 11) is 0. The second-order valence-corrected chi connectivity index (χ2v) is 6.66. The standard InChI is InChI=1S/C14H19Br2NO/c1-9(12-6-5-11(15)8-13(12)16)17-10(2)14-4-3-7-18-14/h5-6,8-10,14,17H,3-4,7H2,1-2H3. The van der Waals surface area contributed by atoms with E-state index in [1.54, 1.807) is 0 Å². The summed E-state index contributed by atoms with van der Waals surface area (Å²) in [5.74, 6) is 0. The molecule has 0 aromatic heterocycles. The Kier molecular flexibility index (Phi) is 5.24. The minimum atomic E-state index is 0.312. The van der Waals surface area contributed by atoms with Gasteiger partial charge in [-0.05, 0) is 44.4 Å². The van der Waals surface area contributed by atoms with Gasteiger partial charge < -0.3 is 10.1 Å². The molecule has 0 aliphatic carbocycles. The van der Waals surface area contributed by atoms with E-state index in [1.807, 2.05) is 0 Å². The highest BCUT2D eigenvalue weighted by Gasteiger charge is 2.24. The van der Waals surface area contributed by atoms with Gasteiger partial charge in [0.1, 0.15) is 0 Å². The summed E-state index contributed by atoms with van der Waals surface area (Å²) < 4.78 is 7.95. The third-order valence-corrected chi connectivity index (χ3v) is 4.64. The third kappa shape index (κ3) is 3.56. The number of hydrogen-bond donors (Lipinski definition) is 1. The Morgan fingerprint density at radius 2 is 2.11 bits per heavy atom. The van der Waals surface area contributed by atoms with Crippen LogP contribution >= 0.6 is 31.9 Å². The van der Waals surface area contributed by atoms with Crippen molar-refractivity contribution >= 4 is 31.9 Å². The normalized spacial score (nSPS) is 23.0. The molecule has 4 heteroatoms. The van der Waals surface area contributed by atoms with Crippen LogP contribution in [0.4, 0.5) is 0 Å². The van der Waals surface area contributed by atoms with Crippen molar-refractivity contribution in [1.29, 1.82) is 0 Å². The Balaban J connectivity index is 2.00. The van der Waals surface area contributed by atoms with Crippen LogP contribution in [-0.2, 0) is 4.74 Å². The van der Waals surface area contributed by atoms with E-state index in [2.05, 4.69) is 69.2 Å². The molecule has 0 amide bonds. The monoisotopic (exact) mass is 375 g/mol. The van der Waals surface area contributed by atoms with Gasteiger partial charge in [0.15, 0.2) is 0 Å². The summed E-state index contributed by atoms with van der Waals surface area (Å²) >= 11 is 7.10. The Morgan fingerprint density at radius 3 is 2.72 bits per heavy atom. The van der Waals surface area contributed by atoms with E-state index >= 15 is 0 Å². The van der Waals surface area contributed by atoms with Gasteiger partial charge in [-0.1, -0.05) is 37.9 Å². The van der Waals surface area contributed by atoms with Crippen molar-refractivity contribution in [3.8, 4) is 0 Å². The molecule has 1 saturated heterocycles. The lowest BCUT2D eigenvalue weighted by atomic mass is 10.0. The predicted molar refractivity (Wildman–Crippen MR) is 81.8 cm³/mol. The van der Waals surface area contributed by atoms with E-state index in [-0.39, 0.29) is 0 Å². The Morgan fingerprint density at radius 1 is 1.33 bits per heavy atom. The zero-order valence-electron chi connectivity index (χ0n) is 10.7. The number of benzene rings is 1. The average molecular weight is 377 g/mol. The molecule has 3 unspecified atom stereocenters. The molecular weight excluding hydrogens is 358 g/mol. The maximum Gasteiger partial charge on any atom is 0.0726 e. The topological polar surface area (TPSA) is 21.3 Å². The lowest BCUT2D eigenvalue weighted by Gasteiger charge is -2.25. The molecule has 0 spiro atoms. The van der Waals surface area contributed by atoms with Crippen molar-refractivity contribution in [2.24, 2.45) is 0 Å². The van der Waals surface area contributed by atoms with Crippen LogP contribution < -0.4 is 5.32 Å². The van der Waals surface area contributed by atoms with Gasteiger partial charge >= 0.3 is 0 Å². The lowest BCUT2D eigenvalue weighted by Crippen LogP contribution is -2.38. The molecule has 1 aliphatic rings. The number of halogens is 2. The van der Waals surface area contributed by atoms with E-state index < -0.39 is 0 Å². The number of hydrogen-bond acceptors (Lipinski definition) is 2. The average Bonchev–Trinajstić information content (AvgIpc) is 2.81. The van der Waals surface area contributed by atoms with Crippen LogP contribution in [0.3, 0.4) is 0 Å². The molecule has 1 fully saturated rings. The van der Waals surface area contributed by atoms with Crippen molar-refractivity contribution in [3.63, 3.8) is 0 Å². The van der Waals surface area contributed by atoms with Gasteiger partial charge in [0.2, 0.25) is 0 Å². The zero-order chi connectivity index (χ0) is 13.1. The summed E-state index contributed by atoms with van der Waals surface area (Å²) in [5.41, 5.74) is 1.28. The largest absolute Gasteiger partial charge is 0.377 e. The van der Waals surface area contributed by atoms with Gasteiger partial charge in [0, 0.05) is 27.6 Å². The van der Waals surface area contributed by atoms with Crippen LogP contribution in [0, 0.1) is 0 Å².